The lowest BCUT2D eigenvalue weighted by molar-refractivity contribution is 0.756. The molecule has 1 aromatic heterocycles. The number of nitrogens with one attached hydrogen (secondary N) is 1. The lowest BCUT2D eigenvalue weighted by Crippen LogP contribution is -2.08. The fourth-order valence-electron chi connectivity index (χ4n) is 0.926. The van der Waals surface area contributed by atoms with Crippen molar-refractivity contribution in [3.63, 3.8) is 0 Å². The average molecular weight is 200 g/mol. The normalized spacial score (nSPS) is 10.7. The fourth-order valence-corrected chi connectivity index (χ4v) is 1.82. The number of nitrogens with zero attached hydrogens (tertiary/aromatic N) is 3. The van der Waals surface area contributed by atoms with E-state index < -0.39 is 0 Å². The average Bonchev–Trinajstić information content (AvgIpc) is 2.43. The van der Waals surface area contributed by atoms with Crippen LogP contribution in [-0.2, 0) is 7.05 Å². The summed E-state index contributed by atoms with van der Waals surface area (Å²) in [7, 11) is 3.97. The molecule has 0 fully saturated rings. The van der Waals surface area contributed by atoms with Crippen molar-refractivity contribution < 1.29 is 0 Å². The Bertz CT molecular complexity index is 259. The molecule has 0 saturated heterocycles. The molecule has 5 heteroatoms. The van der Waals surface area contributed by atoms with Crippen molar-refractivity contribution in [1.82, 2.24) is 20.1 Å². The molecule has 0 bridgehead atoms. The van der Waals surface area contributed by atoms with Crippen LogP contribution in [0.25, 0.3) is 0 Å². The first-order valence-corrected chi connectivity index (χ1v) is 5.37. The van der Waals surface area contributed by atoms with Crippen LogP contribution in [0.5, 0.6) is 0 Å². The summed E-state index contributed by atoms with van der Waals surface area (Å²) in [6, 6.07) is 0. The molecule has 74 valence electrons. The van der Waals surface area contributed by atoms with Crippen LogP contribution in [0.15, 0.2) is 5.16 Å². The van der Waals surface area contributed by atoms with E-state index >= 15 is 0 Å². The van der Waals surface area contributed by atoms with Gasteiger partial charge in [-0.05, 0) is 26.9 Å². The minimum absolute atomic E-state index is 0.969. The summed E-state index contributed by atoms with van der Waals surface area (Å²) in [4.78, 5) is 0. The first-order valence-electron chi connectivity index (χ1n) is 4.39. The number of thioether (sulfide) groups is 1. The largest absolute Gasteiger partial charge is 0.320 e. The summed E-state index contributed by atoms with van der Waals surface area (Å²) in [6.45, 7) is 3.02. The fraction of sp³-hybridized carbons (Fsp3) is 0.750. The Hall–Kier alpha value is -0.550. The maximum absolute atomic E-state index is 4.07. The highest BCUT2D eigenvalue weighted by atomic mass is 32.2. The van der Waals surface area contributed by atoms with E-state index in [0.29, 0.717) is 0 Å². The Balaban J connectivity index is 2.32. The van der Waals surface area contributed by atoms with Crippen LogP contribution < -0.4 is 5.32 Å². The van der Waals surface area contributed by atoms with Gasteiger partial charge in [0.15, 0.2) is 5.16 Å². The smallest absolute Gasteiger partial charge is 0.190 e. The molecular weight excluding hydrogens is 184 g/mol. The summed E-state index contributed by atoms with van der Waals surface area (Å²) in [5, 5.41) is 12.2. The van der Waals surface area contributed by atoms with Crippen LogP contribution in [0.3, 0.4) is 0 Å². The Morgan fingerprint density at radius 2 is 2.23 bits per heavy atom. The van der Waals surface area contributed by atoms with Crippen molar-refractivity contribution in [2.75, 3.05) is 19.3 Å². The molecule has 0 aliphatic carbocycles. The molecular formula is C8H16N4S. The van der Waals surface area contributed by atoms with Gasteiger partial charge in [0.25, 0.3) is 0 Å². The van der Waals surface area contributed by atoms with Crippen LogP contribution in [0.1, 0.15) is 12.2 Å². The molecule has 0 aromatic carbocycles. The van der Waals surface area contributed by atoms with Crippen LogP contribution in [0.4, 0.5) is 0 Å². The van der Waals surface area contributed by atoms with Gasteiger partial charge in [0.1, 0.15) is 5.82 Å². The van der Waals surface area contributed by atoms with Crippen molar-refractivity contribution in [1.29, 1.82) is 0 Å². The molecule has 0 aliphatic rings. The van der Waals surface area contributed by atoms with E-state index in [-0.39, 0.29) is 0 Å². The molecule has 1 heterocycles. The first-order chi connectivity index (χ1) is 6.25. The van der Waals surface area contributed by atoms with E-state index in [2.05, 4.69) is 15.5 Å². The summed E-state index contributed by atoms with van der Waals surface area (Å²) in [5.74, 6) is 2.06. The second-order valence-electron chi connectivity index (χ2n) is 2.89. The zero-order valence-corrected chi connectivity index (χ0v) is 9.19. The summed E-state index contributed by atoms with van der Waals surface area (Å²) in [6.07, 6.45) is 1.16. The van der Waals surface area contributed by atoms with E-state index in [1.54, 1.807) is 11.8 Å². The van der Waals surface area contributed by atoms with Crippen molar-refractivity contribution in [3.05, 3.63) is 5.82 Å². The van der Waals surface area contributed by atoms with Gasteiger partial charge in [-0.25, -0.2) is 0 Å². The van der Waals surface area contributed by atoms with Gasteiger partial charge in [-0.15, -0.1) is 10.2 Å². The number of aromatic nitrogens is 3. The van der Waals surface area contributed by atoms with Gasteiger partial charge in [-0.2, -0.15) is 0 Å². The highest BCUT2D eigenvalue weighted by molar-refractivity contribution is 7.99. The standard InChI is InChI=1S/C8H16N4S/c1-7-10-11-8(12(7)3)13-6-4-5-9-2/h9H,4-6H2,1-3H3. The van der Waals surface area contributed by atoms with E-state index in [4.69, 9.17) is 0 Å². The zero-order valence-electron chi connectivity index (χ0n) is 8.37. The Kier molecular flexibility index (Phi) is 4.24. The third-order valence-corrected chi connectivity index (χ3v) is 2.96. The molecule has 0 unspecified atom stereocenters. The molecule has 0 spiro atoms. The lowest BCUT2D eigenvalue weighted by Gasteiger charge is -2.00. The lowest BCUT2D eigenvalue weighted by atomic mass is 10.5. The predicted molar refractivity (Wildman–Crippen MR) is 55.0 cm³/mol. The Labute approximate surface area is 83.1 Å². The van der Waals surface area contributed by atoms with Crippen molar-refractivity contribution in [2.45, 2.75) is 18.5 Å². The molecule has 0 atom stereocenters. The number of aryl methyl sites for hydroxylation is 1. The molecule has 1 aromatic rings. The van der Waals surface area contributed by atoms with Crippen LogP contribution in [-0.4, -0.2) is 34.1 Å². The number of rotatable bonds is 5. The molecule has 13 heavy (non-hydrogen) atoms. The highest BCUT2D eigenvalue weighted by Gasteiger charge is 2.03. The third-order valence-electron chi connectivity index (χ3n) is 1.85. The van der Waals surface area contributed by atoms with Crippen molar-refractivity contribution in [2.24, 2.45) is 7.05 Å². The molecule has 4 nitrogen and oxygen atoms in total. The van der Waals surface area contributed by atoms with E-state index in [9.17, 15) is 0 Å². The van der Waals surface area contributed by atoms with Crippen LogP contribution in [0.2, 0.25) is 0 Å². The van der Waals surface area contributed by atoms with Gasteiger partial charge in [-0.1, -0.05) is 11.8 Å². The molecule has 1 rings (SSSR count). The molecule has 0 radical (unpaired) electrons. The second kappa shape index (κ2) is 5.24. The first kappa shape index (κ1) is 10.5. The SMILES string of the molecule is CNCCCSc1nnc(C)n1C. The quantitative estimate of drug-likeness (QED) is 0.564. The maximum atomic E-state index is 4.07. The molecule has 0 amide bonds. The zero-order chi connectivity index (χ0) is 9.68. The topological polar surface area (TPSA) is 42.7 Å². The highest BCUT2D eigenvalue weighted by Crippen LogP contribution is 2.15. The van der Waals surface area contributed by atoms with Crippen LogP contribution >= 0.6 is 11.8 Å². The third kappa shape index (κ3) is 3.00. The number of hydrogen-bond donors (Lipinski definition) is 1. The van der Waals surface area contributed by atoms with Gasteiger partial charge < -0.3 is 9.88 Å². The summed E-state index contributed by atoms with van der Waals surface area (Å²) >= 11 is 1.76. The van der Waals surface area contributed by atoms with Gasteiger partial charge in [0.05, 0.1) is 0 Å². The summed E-state index contributed by atoms with van der Waals surface area (Å²) < 4.78 is 2.02. The van der Waals surface area contributed by atoms with Crippen LogP contribution in [0, 0.1) is 6.92 Å². The van der Waals surface area contributed by atoms with Crippen molar-refractivity contribution in [3.8, 4) is 0 Å². The summed E-state index contributed by atoms with van der Waals surface area (Å²) in [5.41, 5.74) is 0. The van der Waals surface area contributed by atoms with E-state index in [0.717, 1.165) is 29.7 Å². The predicted octanol–water partition coefficient (Wildman–Crippen LogP) is 0.825. The van der Waals surface area contributed by atoms with Gasteiger partial charge >= 0.3 is 0 Å². The number of hydrogen-bond acceptors (Lipinski definition) is 4. The van der Waals surface area contributed by atoms with Gasteiger partial charge in [0.2, 0.25) is 0 Å². The Morgan fingerprint density at radius 1 is 1.46 bits per heavy atom. The van der Waals surface area contributed by atoms with Gasteiger partial charge in [-0.3, -0.25) is 0 Å². The minimum atomic E-state index is 0.969. The molecule has 0 saturated carbocycles. The monoisotopic (exact) mass is 200 g/mol. The Morgan fingerprint density at radius 3 is 2.77 bits per heavy atom. The van der Waals surface area contributed by atoms with E-state index in [1.807, 2.05) is 25.6 Å². The molecule has 1 N–H and O–H groups in total. The van der Waals surface area contributed by atoms with Crippen molar-refractivity contribution >= 4 is 11.8 Å². The van der Waals surface area contributed by atoms with E-state index in [1.165, 1.54) is 0 Å². The minimum Gasteiger partial charge on any atom is -0.320 e. The maximum Gasteiger partial charge on any atom is 0.190 e. The second-order valence-corrected chi connectivity index (χ2v) is 3.96. The molecule has 0 aliphatic heterocycles. The van der Waals surface area contributed by atoms with Gasteiger partial charge in [0, 0.05) is 12.8 Å².